The average molecular weight is 337 g/mol. The minimum atomic E-state index is -2.81. The first kappa shape index (κ1) is 16.6. The van der Waals surface area contributed by atoms with Crippen molar-refractivity contribution in [2.24, 2.45) is 11.8 Å². The van der Waals surface area contributed by atoms with E-state index < -0.39 is 9.84 Å². The summed E-state index contributed by atoms with van der Waals surface area (Å²) in [5.74, 6) is 2.42. The zero-order valence-electron chi connectivity index (χ0n) is 13.7. The molecule has 3 rings (SSSR count). The van der Waals surface area contributed by atoms with Crippen molar-refractivity contribution in [3.05, 3.63) is 24.3 Å². The van der Waals surface area contributed by atoms with Crippen molar-refractivity contribution in [3.63, 3.8) is 0 Å². The van der Waals surface area contributed by atoms with Crippen LogP contribution in [0.1, 0.15) is 38.5 Å². The Kier molecular flexibility index (Phi) is 5.46. The maximum atomic E-state index is 11.5. The molecule has 1 aromatic carbocycles. The van der Waals surface area contributed by atoms with Crippen LogP contribution in [0.25, 0.3) is 0 Å². The Bertz CT molecular complexity index is 608. The molecule has 0 amide bonds. The summed E-state index contributed by atoms with van der Waals surface area (Å²) in [6, 6.07) is 7.98. The van der Waals surface area contributed by atoms with Crippen LogP contribution >= 0.6 is 0 Å². The summed E-state index contributed by atoms with van der Waals surface area (Å²) < 4.78 is 29.1. The van der Waals surface area contributed by atoms with Crippen LogP contribution in [0, 0.1) is 11.8 Å². The Morgan fingerprint density at radius 3 is 2.57 bits per heavy atom. The fourth-order valence-corrected chi connectivity index (χ4v) is 5.45. The highest BCUT2D eigenvalue weighted by molar-refractivity contribution is 7.91. The fraction of sp³-hybridized carbons (Fsp3) is 0.667. The molecule has 1 N–H and O–H groups in total. The lowest BCUT2D eigenvalue weighted by molar-refractivity contribution is 0.209. The average Bonchev–Trinajstić information content (AvgIpc) is 2.92. The fourth-order valence-electron chi connectivity index (χ4n) is 3.59. The van der Waals surface area contributed by atoms with Crippen molar-refractivity contribution in [2.75, 3.05) is 30.0 Å². The van der Waals surface area contributed by atoms with Gasteiger partial charge in [-0.2, -0.15) is 0 Å². The second kappa shape index (κ2) is 7.56. The van der Waals surface area contributed by atoms with Gasteiger partial charge in [-0.25, -0.2) is 8.42 Å². The quantitative estimate of drug-likeness (QED) is 0.863. The number of sulfone groups is 1. The maximum Gasteiger partial charge on any atom is 0.150 e. The van der Waals surface area contributed by atoms with Gasteiger partial charge in [0.05, 0.1) is 23.8 Å². The van der Waals surface area contributed by atoms with Gasteiger partial charge in [-0.1, -0.05) is 31.4 Å². The van der Waals surface area contributed by atoms with Crippen LogP contribution in [0.3, 0.4) is 0 Å². The Morgan fingerprint density at radius 2 is 1.83 bits per heavy atom. The molecule has 1 saturated carbocycles. The topological polar surface area (TPSA) is 55.4 Å². The lowest BCUT2D eigenvalue weighted by Gasteiger charge is -2.22. The highest BCUT2D eigenvalue weighted by Crippen LogP contribution is 2.29. The van der Waals surface area contributed by atoms with Gasteiger partial charge < -0.3 is 10.1 Å². The first-order valence-corrected chi connectivity index (χ1v) is 10.6. The molecule has 1 aromatic rings. The van der Waals surface area contributed by atoms with E-state index in [0.29, 0.717) is 24.0 Å². The summed E-state index contributed by atoms with van der Waals surface area (Å²) in [4.78, 5) is 0. The molecule has 1 unspecified atom stereocenters. The van der Waals surface area contributed by atoms with E-state index in [4.69, 9.17) is 4.74 Å². The molecule has 1 atom stereocenters. The number of nitrogens with one attached hydrogen (secondary N) is 1. The molecule has 2 fully saturated rings. The molecule has 1 aliphatic carbocycles. The molecular weight excluding hydrogens is 310 g/mol. The van der Waals surface area contributed by atoms with Gasteiger partial charge >= 0.3 is 0 Å². The third-order valence-corrected chi connectivity index (χ3v) is 6.83. The Hall–Kier alpha value is -1.23. The Labute approximate surface area is 139 Å². The normalized spacial score (nSPS) is 24.4. The summed E-state index contributed by atoms with van der Waals surface area (Å²) in [5.41, 5.74) is 0.979. The van der Waals surface area contributed by atoms with Gasteiger partial charge in [0.25, 0.3) is 0 Å². The molecule has 2 aliphatic rings. The molecule has 0 radical (unpaired) electrons. The molecule has 1 saturated heterocycles. The van der Waals surface area contributed by atoms with Crippen LogP contribution in [0.2, 0.25) is 0 Å². The zero-order chi connectivity index (χ0) is 16.1. The van der Waals surface area contributed by atoms with E-state index in [-0.39, 0.29) is 5.92 Å². The molecular formula is C18H27NO3S. The summed E-state index contributed by atoms with van der Waals surface area (Å²) in [6.07, 6.45) is 7.32. The molecule has 0 bridgehead atoms. The zero-order valence-corrected chi connectivity index (χ0v) is 14.5. The van der Waals surface area contributed by atoms with Gasteiger partial charge in [-0.15, -0.1) is 0 Å². The molecule has 1 aliphatic heterocycles. The first-order valence-electron chi connectivity index (χ1n) is 8.78. The van der Waals surface area contributed by atoms with E-state index in [0.717, 1.165) is 24.5 Å². The molecule has 5 heteroatoms. The van der Waals surface area contributed by atoms with Gasteiger partial charge in [0.2, 0.25) is 0 Å². The van der Waals surface area contributed by atoms with Crippen molar-refractivity contribution in [2.45, 2.75) is 38.5 Å². The predicted octanol–water partition coefficient (Wildman–Crippen LogP) is 3.49. The first-order chi connectivity index (χ1) is 11.1. The lowest BCUT2D eigenvalue weighted by Crippen LogP contribution is -2.18. The lowest BCUT2D eigenvalue weighted by atomic mass is 9.90. The Morgan fingerprint density at radius 1 is 1.04 bits per heavy atom. The van der Waals surface area contributed by atoms with Gasteiger partial charge in [-0.3, -0.25) is 0 Å². The molecule has 0 aromatic heterocycles. The van der Waals surface area contributed by atoms with Crippen molar-refractivity contribution in [1.29, 1.82) is 0 Å². The number of benzene rings is 1. The van der Waals surface area contributed by atoms with Crippen LogP contribution in [-0.4, -0.2) is 33.1 Å². The predicted molar refractivity (Wildman–Crippen MR) is 93.8 cm³/mol. The second-order valence-electron chi connectivity index (χ2n) is 6.96. The third kappa shape index (κ3) is 4.87. The molecule has 128 valence electrons. The van der Waals surface area contributed by atoms with E-state index in [2.05, 4.69) is 5.32 Å². The van der Waals surface area contributed by atoms with Gasteiger partial charge in [-0.05, 0) is 43.2 Å². The highest BCUT2D eigenvalue weighted by atomic mass is 32.2. The molecule has 23 heavy (non-hydrogen) atoms. The SMILES string of the molecule is O=S1(=O)CCC(CNc2ccccc2OCC2CCCCC2)C1. The highest BCUT2D eigenvalue weighted by Gasteiger charge is 2.27. The monoisotopic (exact) mass is 337 g/mol. The molecule has 1 heterocycles. The van der Waals surface area contributed by atoms with Gasteiger partial charge in [0.1, 0.15) is 5.75 Å². The summed E-state index contributed by atoms with van der Waals surface area (Å²) >= 11 is 0. The van der Waals surface area contributed by atoms with Crippen LogP contribution in [0.4, 0.5) is 5.69 Å². The van der Waals surface area contributed by atoms with Crippen molar-refractivity contribution in [1.82, 2.24) is 0 Å². The minimum Gasteiger partial charge on any atom is -0.491 e. The number of para-hydroxylation sites is 2. The van der Waals surface area contributed by atoms with Crippen LogP contribution in [0.5, 0.6) is 5.75 Å². The van der Waals surface area contributed by atoms with E-state index in [9.17, 15) is 8.42 Å². The summed E-state index contributed by atoms with van der Waals surface area (Å²) in [5, 5.41) is 3.39. The van der Waals surface area contributed by atoms with E-state index >= 15 is 0 Å². The number of hydrogen-bond donors (Lipinski definition) is 1. The van der Waals surface area contributed by atoms with Gasteiger partial charge in [0, 0.05) is 6.54 Å². The molecule has 0 spiro atoms. The summed E-state index contributed by atoms with van der Waals surface area (Å²) in [7, 11) is -2.81. The maximum absolute atomic E-state index is 11.5. The smallest absolute Gasteiger partial charge is 0.150 e. The number of hydrogen-bond acceptors (Lipinski definition) is 4. The van der Waals surface area contributed by atoms with E-state index in [1.165, 1.54) is 32.1 Å². The van der Waals surface area contributed by atoms with E-state index in [1.54, 1.807) is 0 Å². The van der Waals surface area contributed by atoms with Crippen molar-refractivity contribution in [3.8, 4) is 5.75 Å². The number of ether oxygens (including phenoxy) is 1. The van der Waals surface area contributed by atoms with Crippen LogP contribution in [0.15, 0.2) is 24.3 Å². The van der Waals surface area contributed by atoms with E-state index in [1.807, 2.05) is 24.3 Å². The Balaban J connectivity index is 1.53. The molecule has 4 nitrogen and oxygen atoms in total. The summed E-state index contributed by atoms with van der Waals surface area (Å²) in [6.45, 7) is 1.49. The standard InChI is InChI=1S/C18H27NO3S/c20-23(21)11-10-16(14-23)12-19-17-8-4-5-9-18(17)22-13-15-6-2-1-3-7-15/h4-5,8-9,15-16,19H,1-3,6-7,10-14H2. The van der Waals surface area contributed by atoms with Gasteiger partial charge in [0.15, 0.2) is 9.84 Å². The number of rotatable bonds is 6. The minimum absolute atomic E-state index is 0.214. The van der Waals surface area contributed by atoms with Crippen LogP contribution < -0.4 is 10.1 Å². The third-order valence-electron chi connectivity index (χ3n) is 4.99. The van der Waals surface area contributed by atoms with Crippen molar-refractivity contribution < 1.29 is 13.2 Å². The van der Waals surface area contributed by atoms with Crippen LogP contribution in [-0.2, 0) is 9.84 Å². The van der Waals surface area contributed by atoms with Crippen molar-refractivity contribution >= 4 is 15.5 Å². The largest absolute Gasteiger partial charge is 0.491 e. The second-order valence-corrected chi connectivity index (χ2v) is 9.19. The number of anilines is 1.